The number of ether oxygens (including phenoxy) is 1. The molecular formula is C15H23NO. The van der Waals surface area contributed by atoms with Crippen molar-refractivity contribution in [2.45, 2.75) is 45.1 Å². The van der Waals surface area contributed by atoms with Crippen LogP contribution in [0.4, 0.5) is 0 Å². The molecule has 2 heteroatoms. The van der Waals surface area contributed by atoms with Crippen LogP contribution in [0.1, 0.15) is 37.3 Å². The van der Waals surface area contributed by atoms with E-state index >= 15 is 0 Å². The lowest BCUT2D eigenvalue weighted by Gasteiger charge is -2.18. The van der Waals surface area contributed by atoms with Gasteiger partial charge in [-0.1, -0.05) is 19.1 Å². The Kier molecular flexibility index (Phi) is 4.43. The molecule has 1 aromatic carbocycles. The van der Waals surface area contributed by atoms with Crippen molar-refractivity contribution in [3.8, 4) is 5.75 Å². The molecule has 2 nitrogen and oxygen atoms in total. The summed E-state index contributed by atoms with van der Waals surface area (Å²) in [7, 11) is 1.77. The van der Waals surface area contributed by atoms with Gasteiger partial charge in [-0.2, -0.15) is 0 Å². The average Bonchev–Trinajstić information content (AvgIpc) is 2.57. The molecule has 94 valence electrons. The summed E-state index contributed by atoms with van der Waals surface area (Å²) in [5.74, 6) is 1.06. The summed E-state index contributed by atoms with van der Waals surface area (Å²) in [6.45, 7) is 3.34. The standard InChI is InChI=1S/C15H23NO/c1-3-10-16-13-8-4-6-12-7-5-9-15(17-2)14(12)11-13/h5,7,9,13,16H,3-4,6,8,10-11H2,1-2H3/t13-/m1/s1. The first-order chi connectivity index (χ1) is 8.35. The van der Waals surface area contributed by atoms with Crippen LogP contribution in [-0.4, -0.2) is 19.7 Å². The maximum absolute atomic E-state index is 5.49. The van der Waals surface area contributed by atoms with Crippen LogP contribution in [0.25, 0.3) is 0 Å². The van der Waals surface area contributed by atoms with Crippen LogP contribution in [-0.2, 0) is 12.8 Å². The Morgan fingerprint density at radius 3 is 3.06 bits per heavy atom. The second-order valence-corrected chi connectivity index (χ2v) is 4.85. The first-order valence-electron chi connectivity index (χ1n) is 6.73. The summed E-state index contributed by atoms with van der Waals surface area (Å²) in [6, 6.07) is 7.06. The van der Waals surface area contributed by atoms with Crippen molar-refractivity contribution in [3.05, 3.63) is 29.3 Å². The van der Waals surface area contributed by atoms with Gasteiger partial charge in [-0.15, -0.1) is 0 Å². The van der Waals surface area contributed by atoms with E-state index in [0.717, 1.165) is 18.7 Å². The first-order valence-corrected chi connectivity index (χ1v) is 6.73. The molecule has 0 spiro atoms. The molecule has 1 aliphatic rings. The monoisotopic (exact) mass is 233 g/mol. The van der Waals surface area contributed by atoms with E-state index in [1.165, 1.54) is 36.8 Å². The van der Waals surface area contributed by atoms with Gasteiger partial charge in [0, 0.05) is 6.04 Å². The van der Waals surface area contributed by atoms with Gasteiger partial charge in [-0.05, 0) is 55.8 Å². The normalized spacial score (nSPS) is 19.5. The van der Waals surface area contributed by atoms with Crippen molar-refractivity contribution in [3.63, 3.8) is 0 Å². The summed E-state index contributed by atoms with van der Waals surface area (Å²) < 4.78 is 5.49. The third-order valence-electron chi connectivity index (χ3n) is 3.58. The zero-order valence-corrected chi connectivity index (χ0v) is 11.0. The van der Waals surface area contributed by atoms with Gasteiger partial charge >= 0.3 is 0 Å². The number of rotatable bonds is 4. The van der Waals surface area contributed by atoms with Crippen LogP contribution in [0.2, 0.25) is 0 Å². The molecule has 0 heterocycles. The minimum atomic E-state index is 0.618. The van der Waals surface area contributed by atoms with Gasteiger partial charge in [0.05, 0.1) is 7.11 Å². The Hall–Kier alpha value is -1.02. The Morgan fingerprint density at radius 1 is 1.41 bits per heavy atom. The lowest BCUT2D eigenvalue weighted by molar-refractivity contribution is 0.403. The van der Waals surface area contributed by atoms with E-state index in [2.05, 4.69) is 30.4 Å². The van der Waals surface area contributed by atoms with Crippen LogP contribution >= 0.6 is 0 Å². The fraction of sp³-hybridized carbons (Fsp3) is 0.600. The smallest absolute Gasteiger partial charge is 0.122 e. The average molecular weight is 233 g/mol. The molecule has 17 heavy (non-hydrogen) atoms. The van der Waals surface area contributed by atoms with E-state index in [1.54, 1.807) is 7.11 Å². The zero-order valence-electron chi connectivity index (χ0n) is 11.0. The summed E-state index contributed by atoms with van der Waals surface area (Å²) >= 11 is 0. The van der Waals surface area contributed by atoms with Crippen molar-refractivity contribution in [2.24, 2.45) is 0 Å². The van der Waals surface area contributed by atoms with Gasteiger partial charge in [0.15, 0.2) is 0 Å². The third-order valence-corrected chi connectivity index (χ3v) is 3.58. The Bertz CT molecular complexity index is 360. The molecule has 1 atom stereocenters. The van der Waals surface area contributed by atoms with E-state index in [9.17, 15) is 0 Å². The van der Waals surface area contributed by atoms with Gasteiger partial charge in [0.2, 0.25) is 0 Å². The highest BCUT2D eigenvalue weighted by molar-refractivity contribution is 5.41. The molecule has 1 N–H and O–H groups in total. The molecule has 1 aliphatic carbocycles. The molecule has 0 amide bonds. The van der Waals surface area contributed by atoms with Gasteiger partial charge < -0.3 is 10.1 Å². The summed E-state index contributed by atoms with van der Waals surface area (Å²) in [4.78, 5) is 0. The predicted molar refractivity (Wildman–Crippen MR) is 71.7 cm³/mol. The van der Waals surface area contributed by atoms with Crippen LogP contribution in [0.15, 0.2) is 18.2 Å². The molecule has 0 saturated carbocycles. The van der Waals surface area contributed by atoms with E-state index in [0.29, 0.717) is 6.04 Å². The van der Waals surface area contributed by atoms with Crippen molar-refractivity contribution in [1.82, 2.24) is 5.32 Å². The summed E-state index contributed by atoms with van der Waals surface area (Å²) in [6.07, 6.45) is 6.06. The molecule has 0 aromatic heterocycles. The van der Waals surface area contributed by atoms with Gasteiger partial charge in [0.25, 0.3) is 0 Å². The maximum Gasteiger partial charge on any atom is 0.122 e. The zero-order chi connectivity index (χ0) is 12.1. The molecule has 0 bridgehead atoms. The molecule has 1 aromatic rings. The largest absolute Gasteiger partial charge is 0.496 e. The number of benzene rings is 1. The van der Waals surface area contributed by atoms with Gasteiger partial charge in [-0.3, -0.25) is 0 Å². The highest BCUT2D eigenvalue weighted by Crippen LogP contribution is 2.28. The fourth-order valence-electron chi connectivity index (χ4n) is 2.68. The van der Waals surface area contributed by atoms with E-state index in [-0.39, 0.29) is 0 Å². The maximum atomic E-state index is 5.49. The molecular weight excluding hydrogens is 210 g/mol. The van der Waals surface area contributed by atoms with Gasteiger partial charge in [0.1, 0.15) is 5.75 Å². The van der Waals surface area contributed by atoms with E-state index in [4.69, 9.17) is 4.74 Å². The molecule has 2 rings (SSSR count). The first kappa shape index (κ1) is 12.4. The number of nitrogens with one attached hydrogen (secondary N) is 1. The molecule has 0 saturated heterocycles. The highest BCUT2D eigenvalue weighted by Gasteiger charge is 2.18. The highest BCUT2D eigenvalue weighted by atomic mass is 16.5. The van der Waals surface area contributed by atoms with Gasteiger partial charge in [-0.25, -0.2) is 0 Å². The third kappa shape index (κ3) is 3.01. The Labute approximate surface area is 104 Å². The number of aryl methyl sites for hydroxylation is 1. The van der Waals surface area contributed by atoms with Crippen molar-refractivity contribution in [1.29, 1.82) is 0 Å². The number of methoxy groups -OCH3 is 1. The topological polar surface area (TPSA) is 21.3 Å². The second-order valence-electron chi connectivity index (χ2n) is 4.85. The van der Waals surface area contributed by atoms with Crippen molar-refractivity contribution < 1.29 is 4.74 Å². The van der Waals surface area contributed by atoms with E-state index in [1.807, 2.05) is 0 Å². The molecule has 0 aliphatic heterocycles. The molecule has 0 fully saturated rings. The fourth-order valence-corrected chi connectivity index (χ4v) is 2.68. The lowest BCUT2D eigenvalue weighted by Crippen LogP contribution is -2.31. The number of fused-ring (bicyclic) bond motifs is 1. The van der Waals surface area contributed by atoms with Crippen LogP contribution in [0.5, 0.6) is 5.75 Å². The number of hydrogen-bond donors (Lipinski definition) is 1. The Morgan fingerprint density at radius 2 is 2.29 bits per heavy atom. The quantitative estimate of drug-likeness (QED) is 0.807. The van der Waals surface area contributed by atoms with Crippen LogP contribution in [0.3, 0.4) is 0 Å². The van der Waals surface area contributed by atoms with E-state index < -0.39 is 0 Å². The number of hydrogen-bond acceptors (Lipinski definition) is 2. The summed E-state index contributed by atoms with van der Waals surface area (Å²) in [5, 5.41) is 3.65. The Balaban J connectivity index is 2.16. The molecule has 0 radical (unpaired) electrons. The summed E-state index contributed by atoms with van der Waals surface area (Å²) in [5.41, 5.74) is 2.89. The lowest BCUT2D eigenvalue weighted by atomic mass is 10.0. The van der Waals surface area contributed by atoms with Crippen molar-refractivity contribution >= 4 is 0 Å². The van der Waals surface area contributed by atoms with Crippen molar-refractivity contribution in [2.75, 3.05) is 13.7 Å². The predicted octanol–water partition coefficient (Wildman–Crippen LogP) is 2.94. The second kappa shape index (κ2) is 6.06. The van der Waals surface area contributed by atoms with Crippen LogP contribution in [0, 0.1) is 0 Å². The molecule has 0 unspecified atom stereocenters. The SMILES string of the molecule is CCCN[C@@H]1CCCc2cccc(OC)c2C1. The van der Waals surface area contributed by atoms with Crippen LogP contribution < -0.4 is 10.1 Å². The minimum Gasteiger partial charge on any atom is -0.496 e. The minimum absolute atomic E-state index is 0.618.